The summed E-state index contributed by atoms with van der Waals surface area (Å²) in [6.45, 7) is 9.83. The third kappa shape index (κ3) is 3.16. The van der Waals surface area contributed by atoms with Gasteiger partial charge in [-0.2, -0.15) is 0 Å². The van der Waals surface area contributed by atoms with Gasteiger partial charge in [0.15, 0.2) is 0 Å². The maximum absolute atomic E-state index is 6.04. The molecule has 2 rings (SSSR count). The van der Waals surface area contributed by atoms with Gasteiger partial charge in [0.05, 0.1) is 30.8 Å². The van der Waals surface area contributed by atoms with Crippen molar-refractivity contribution in [2.24, 2.45) is 5.73 Å². The van der Waals surface area contributed by atoms with Crippen molar-refractivity contribution in [2.75, 3.05) is 19.7 Å². The van der Waals surface area contributed by atoms with Crippen molar-refractivity contribution >= 4 is 0 Å². The molecule has 0 bridgehead atoms. The highest BCUT2D eigenvalue weighted by Crippen LogP contribution is 2.25. The quantitative estimate of drug-likeness (QED) is 0.875. The Morgan fingerprint density at radius 1 is 1.53 bits per heavy atom. The van der Waals surface area contributed by atoms with E-state index in [2.05, 4.69) is 35.2 Å². The second-order valence-electron chi connectivity index (χ2n) is 5.45. The average Bonchev–Trinajstić information content (AvgIpc) is 2.83. The monoisotopic (exact) mass is 266 g/mol. The molecule has 5 heteroatoms. The summed E-state index contributed by atoms with van der Waals surface area (Å²) in [7, 11) is 0. The second-order valence-corrected chi connectivity index (χ2v) is 5.45. The molecule has 0 amide bonds. The van der Waals surface area contributed by atoms with Crippen LogP contribution in [-0.2, 0) is 11.3 Å². The summed E-state index contributed by atoms with van der Waals surface area (Å²) in [4.78, 5) is 6.75. The number of morpholine rings is 1. The normalized spacial score (nSPS) is 26.5. The molecule has 1 aromatic heterocycles. The summed E-state index contributed by atoms with van der Waals surface area (Å²) < 4.78 is 7.93. The molecule has 0 spiro atoms. The first-order chi connectivity index (χ1) is 9.17. The lowest BCUT2D eigenvalue weighted by Crippen LogP contribution is -2.50. The van der Waals surface area contributed by atoms with Gasteiger partial charge in [-0.15, -0.1) is 0 Å². The van der Waals surface area contributed by atoms with Crippen molar-refractivity contribution in [3.8, 4) is 0 Å². The smallest absolute Gasteiger partial charge is 0.0948 e. The number of aryl methyl sites for hydroxylation is 1. The highest BCUT2D eigenvalue weighted by atomic mass is 16.5. The van der Waals surface area contributed by atoms with E-state index in [9.17, 15) is 0 Å². The molecule has 1 saturated heterocycles. The van der Waals surface area contributed by atoms with Crippen LogP contribution in [0, 0.1) is 0 Å². The van der Waals surface area contributed by atoms with E-state index < -0.39 is 0 Å². The number of nitrogens with two attached hydrogens (primary N) is 1. The number of imidazole rings is 1. The predicted molar refractivity (Wildman–Crippen MR) is 75.9 cm³/mol. The summed E-state index contributed by atoms with van der Waals surface area (Å²) in [5, 5.41) is 0. The predicted octanol–water partition coefficient (Wildman–Crippen LogP) is 1.40. The van der Waals surface area contributed by atoms with Gasteiger partial charge in [-0.25, -0.2) is 4.98 Å². The van der Waals surface area contributed by atoms with Gasteiger partial charge >= 0.3 is 0 Å². The Bertz CT molecular complexity index is 393. The van der Waals surface area contributed by atoms with Gasteiger partial charge in [-0.05, 0) is 20.3 Å². The lowest BCUT2D eigenvalue weighted by Gasteiger charge is -2.41. The Morgan fingerprint density at radius 3 is 3.00 bits per heavy atom. The Labute approximate surface area is 115 Å². The van der Waals surface area contributed by atoms with Crippen LogP contribution in [0.3, 0.4) is 0 Å². The van der Waals surface area contributed by atoms with Crippen molar-refractivity contribution < 1.29 is 4.74 Å². The molecule has 1 aromatic rings. The van der Waals surface area contributed by atoms with E-state index in [1.807, 2.05) is 12.5 Å². The van der Waals surface area contributed by atoms with E-state index in [0.717, 1.165) is 26.1 Å². The molecule has 2 N–H and O–H groups in total. The fourth-order valence-corrected chi connectivity index (χ4v) is 2.83. The largest absolute Gasteiger partial charge is 0.376 e. The number of aromatic nitrogens is 2. The molecule has 108 valence electrons. The van der Waals surface area contributed by atoms with Crippen LogP contribution in [0.2, 0.25) is 0 Å². The fraction of sp³-hybridized carbons (Fsp3) is 0.786. The Kier molecular flexibility index (Phi) is 4.96. The number of nitrogens with zero attached hydrogens (tertiary/aromatic N) is 3. The topological polar surface area (TPSA) is 56.3 Å². The third-order valence-corrected chi connectivity index (χ3v) is 3.83. The highest BCUT2D eigenvalue weighted by molar-refractivity contribution is 5.08. The number of ether oxygens (including phenoxy) is 1. The maximum atomic E-state index is 6.04. The van der Waals surface area contributed by atoms with Crippen molar-refractivity contribution in [2.45, 2.75) is 51.9 Å². The molecule has 0 radical (unpaired) electrons. The van der Waals surface area contributed by atoms with E-state index in [0.29, 0.717) is 12.6 Å². The van der Waals surface area contributed by atoms with Crippen molar-refractivity contribution in [3.05, 3.63) is 18.2 Å². The maximum Gasteiger partial charge on any atom is 0.0948 e. The number of hydrogen-bond donors (Lipinski definition) is 1. The average molecular weight is 266 g/mol. The second kappa shape index (κ2) is 6.50. The third-order valence-electron chi connectivity index (χ3n) is 3.83. The molecule has 1 aliphatic heterocycles. The van der Waals surface area contributed by atoms with Gasteiger partial charge in [0.1, 0.15) is 0 Å². The first kappa shape index (κ1) is 14.5. The molecule has 1 fully saturated rings. The van der Waals surface area contributed by atoms with Crippen molar-refractivity contribution in [3.63, 3.8) is 0 Å². The van der Waals surface area contributed by atoms with Crippen LogP contribution in [0.5, 0.6) is 0 Å². The fourth-order valence-electron chi connectivity index (χ4n) is 2.83. The SMILES string of the molecule is CCCn1cncc1C(CN)N1CC(C)OCC1C. The Morgan fingerprint density at radius 2 is 2.32 bits per heavy atom. The van der Waals surface area contributed by atoms with Gasteiger partial charge in [0, 0.05) is 31.9 Å². The van der Waals surface area contributed by atoms with Crippen LogP contribution in [0.15, 0.2) is 12.5 Å². The van der Waals surface area contributed by atoms with Gasteiger partial charge < -0.3 is 15.0 Å². The molecule has 3 unspecified atom stereocenters. The minimum absolute atomic E-state index is 0.232. The van der Waals surface area contributed by atoms with Crippen molar-refractivity contribution in [1.29, 1.82) is 0 Å². The van der Waals surface area contributed by atoms with E-state index in [4.69, 9.17) is 10.5 Å². The van der Waals surface area contributed by atoms with Crippen LogP contribution in [-0.4, -0.2) is 46.3 Å². The van der Waals surface area contributed by atoms with Gasteiger partial charge in [-0.1, -0.05) is 6.92 Å². The van der Waals surface area contributed by atoms with Gasteiger partial charge in [-0.3, -0.25) is 4.90 Å². The minimum Gasteiger partial charge on any atom is -0.376 e. The van der Waals surface area contributed by atoms with Crippen LogP contribution in [0.4, 0.5) is 0 Å². The zero-order valence-electron chi connectivity index (χ0n) is 12.2. The molecule has 5 nitrogen and oxygen atoms in total. The van der Waals surface area contributed by atoms with Gasteiger partial charge in [0.25, 0.3) is 0 Å². The van der Waals surface area contributed by atoms with Gasteiger partial charge in [0.2, 0.25) is 0 Å². The molecule has 1 aliphatic rings. The van der Waals surface area contributed by atoms with Crippen LogP contribution in [0.1, 0.15) is 38.9 Å². The first-order valence-electron chi connectivity index (χ1n) is 7.24. The summed E-state index contributed by atoms with van der Waals surface area (Å²) in [5.74, 6) is 0. The lowest BCUT2D eigenvalue weighted by molar-refractivity contribution is -0.0664. The first-order valence-corrected chi connectivity index (χ1v) is 7.24. The van der Waals surface area contributed by atoms with E-state index in [-0.39, 0.29) is 12.1 Å². The standard InChI is InChI=1S/C14H26N4O/c1-4-5-17-10-16-7-14(17)13(6-15)18-8-12(3)19-9-11(18)2/h7,10-13H,4-6,8-9,15H2,1-3H3. The highest BCUT2D eigenvalue weighted by Gasteiger charge is 2.31. The van der Waals surface area contributed by atoms with Crippen LogP contribution >= 0.6 is 0 Å². The molecule has 3 atom stereocenters. The summed E-state index contributed by atoms with van der Waals surface area (Å²) in [5.41, 5.74) is 7.27. The zero-order chi connectivity index (χ0) is 13.8. The molecular formula is C14H26N4O. The summed E-state index contributed by atoms with van der Waals surface area (Å²) in [6, 6.07) is 0.630. The number of hydrogen-bond acceptors (Lipinski definition) is 4. The lowest BCUT2D eigenvalue weighted by atomic mass is 10.1. The van der Waals surface area contributed by atoms with Crippen LogP contribution in [0.25, 0.3) is 0 Å². The van der Waals surface area contributed by atoms with E-state index in [1.165, 1.54) is 5.69 Å². The molecule has 0 saturated carbocycles. The zero-order valence-corrected chi connectivity index (χ0v) is 12.2. The molecule has 2 heterocycles. The minimum atomic E-state index is 0.232. The Balaban J connectivity index is 2.20. The molecular weight excluding hydrogens is 240 g/mol. The molecule has 0 aromatic carbocycles. The van der Waals surface area contributed by atoms with Crippen LogP contribution < -0.4 is 5.73 Å². The molecule has 0 aliphatic carbocycles. The van der Waals surface area contributed by atoms with Crippen molar-refractivity contribution in [1.82, 2.24) is 14.5 Å². The summed E-state index contributed by atoms with van der Waals surface area (Å²) in [6.07, 6.45) is 5.25. The van der Waals surface area contributed by atoms with E-state index in [1.54, 1.807) is 0 Å². The molecule has 19 heavy (non-hydrogen) atoms. The summed E-state index contributed by atoms with van der Waals surface area (Å²) >= 11 is 0. The van der Waals surface area contributed by atoms with E-state index >= 15 is 0 Å². The Hall–Kier alpha value is -0.910. The number of rotatable bonds is 5.